The molecule has 0 fully saturated rings. The molecule has 0 aliphatic rings. The van der Waals surface area contributed by atoms with Crippen molar-refractivity contribution in [2.75, 3.05) is 6.54 Å². The molecule has 4 nitrogen and oxygen atoms in total. The molecule has 92 valence electrons. The van der Waals surface area contributed by atoms with E-state index in [1.54, 1.807) is 6.92 Å². The van der Waals surface area contributed by atoms with Crippen molar-refractivity contribution < 1.29 is 5.11 Å². The summed E-state index contributed by atoms with van der Waals surface area (Å²) in [5.74, 6) is 0. The smallest absolute Gasteiger partial charge is 0.0761 e. The van der Waals surface area contributed by atoms with E-state index in [0.717, 1.165) is 11.4 Å². The molecule has 0 amide bonds. The standard InChI is InChI=1S/C12H23N3O/c1-8(6-12(5,16)7-13)15-11(4)9(2)10(3)14-15/h8,16H,6-7,13H2,1-5H3. The monoisotopic (exact) mass is 225 g/mol. The minimum Gasteiger partial charge on any atom is -0.389 e. The van der Waals surface area contributed by atoms with Gasteiger partial charge in [-0.15, -0.1) is 0 Å². The molecule has 0 radical (unpaired) electrons. The van der Waals surface area contributed by atoms with Crippen LogP contribution < -0.4 is 5.73 Å². The normalized spacial score (nSPS) is 17.2. The molecule has 0 bridgehead atoms. The molecule has 1 aromatic heterocycles. The topological polar surface area (TPSA) is 64.1 Å². The lowest BCUT2D eigenvalue weighted by Crippen LogP contribution is -2.36. The molecule has 4 heteroatoms. The first-order valence-electron chi connectivity index (χ1n) is 5.73. The number of aliphatic hydroxyl groups is 1. The number of nitrogens with two attached hydrogens (primary N) is 1. The predicted molar refractivity (Wildman–Crippen MR) is 65.4 cm³/mol. The van der Waals surface area contributed by atoms with Crippen molar-refractivity contribution in [2.45, 2.75) is 52.7 Å². The lowest BCUT2D eigenvalue weighted by Gasteiger charge is -2.26. The number of hydrogen-bond acceptors (Lipinski definition) is 3. The Morgan fingerprint density at radius 1 is 1.44 bits per heavy atom. The summed E-state index contributed by atoms with van der Waals surface area (Å²) in [6.07, 6.45) is 0.616. The van der Waals surface area contributed by atoms with Gasteiger partial charge in [-0.3, -0.25) is 4.68 Å². The molecule has 0 aliphatic heterocycles. The van der Waals surface area contributed by atoms with E-state index in [-0.39, 0.29) is 12.6 Å². The molecule has 0 spiro atoms. The van der Waals surface area contributed by atoms with Gasteiger partial charge in [-0.1, -0.05) is 0 Å². The zero-order valence-electron chi connectivity index (χ0n) is 10.9. The van der Waals surface area contributed by atoms with Gasteiger partial charge in [0.05, 0.1) is 17.3 Å². The Labute approximate surface area is 97.5 Å². The van der Waals surface area contributed by atoms with Crippen LogP contribution in [0.3, 0.4) is 0 Å². The summed E-state index contributed by atoms with van der Waals surface area (Å²) in [7, 11) is 0. The second kappa shape index (κ2) is 4.55. The lowest BCUT2D eigenvalue weighted by molar-refractivity contribution is 0.0446. The Kier molecular flexibility index (Phi) is 3.76. The summed E-state index contributed by atoms with van der Waals surface area (Å²) in [5.41, 5.74) is 8.15. The third kappa shape index (κ3) is 2.62. The van der Waals surface area contributed by atoms with Gasteiger partial charge in [0.15, 0.2) is 0 Å². The highest BCUT2D eigenvalue weighted by Gasteiger charge is 2.24. The first-order valence-corrected chi connectivity index (χ1v) is 5.73. The highest BCUT2D eigenvalue weighted by molar-refractivity contribution is 5.22. The number of rotatable bonds is 4. The van der Waals surface area contributed by atoms with Crippen molar-refractivity contribution in [3.63, 3.8) is 0 Å². The van der Waals surface area contributed by atoms with Crippen LogP contribution in [-0.4, -0.2) is 27.0 Å². The van der Waals surface area contributed by atoms with Gasteiger partial charge in [-0.05, 0) is 46.6 Å². The van der Waals surface area contributed by atoms with E-state index in [4.69, 9.17) is 5.73 Å². The Balaban J connectivity index is 2.89. The van der Waals surface area contributed by atoms with E-state index in [9.17, 15) is 5.11 Å². The van der Waals surface area contributed by atoms with E-state index in [1.807, 2.05) is 11.6 Å². The summed E-state index contributed by atoms with van der Waals surface area (Å²) >= 11 is 0. The minimum absolute atomic E-state index is 0.158. The largest absolute Gasteiger partial charge is 0.389 e. The second-order valence-corrected chi connectivity index (χ2v) is 4.99. The van der Waals surface area contributed by atoms with Gasteiger partial charge < -0.3 is 10.8 Å². The van der Waals surface area contributed by atoms with E-state index >= 15 is 0 Å². The molecular formula is C12H23N3O. The molecule has 0 saturated heterocycles. The van der Waals surface area contributed by atoms with E-state index in [2.05, 4.69) is 25.9 Å². The summed E-state index contributed by atoms with van der Waals surface area (Å²) in [6.45, 7) is 10.2. The molecule has 2 unspecified atom stereocenters. The van der Waals surface area contributed by atoms with Crippen LogP contribution in [0.15, 0.2) is 0 Å². The molecule has 0 aliphatic carbocycles. The van der Waals surface area contributed by atoms with Crippen LogP contribution in [0, 0.1) is 20.8 Å². The van der Waals surface area contributed by atoms with Crippen molar-refractivity contribution in [1.82, 2.24) is 9.78 Å². The Hall–Kier alpha value is -0.870. The van der Waals surface area contributed by atoms with Crippen LogP contribution in [-0.2, 0) is 0 Å². The van der Waals surface area contributed by atoms with Crippen LogP contribution >= 0.6 is 0 Å². The fourth-order valence-electron chi connectivity index (χ4n) is 1.98. The van der Waals surface area contributed by atoms with Crippen molar-refractivity contribution in [2.24, 2.45) is 5.73 Å². The maximum Gasteiger partial charge on any atom is 0.0761 e. The molecular weight excluding hydrogens is 202 g/mol. The number of aromatic nitrogens is 2. The molecule has 16 heavy (non-hydrogen) atoms. The molecule has 2 atom stereocenters. The van der Waals surface area contributed by atoms with Crippen LogP contribution in [0.2, 0.25) is 0 Å². The van der Waals surface area contributed by atoms with Crippen molar-refractivity contribution in [3.8, 4) is 0 Å². The van der Waals surface area contributed by atoms with Crippen LogP contribution in [0.5, 0.6) is 0 Å². The van der Waals surface area contributed by atoms with Crippen LogP contribution in [0.25, 0.3) is 0 Å². The average Bonchev–Trinajstić information content (AvgIpc) is 2.45. The average molecular weight is 225 g/mol. The summed E-state index contributed by atoms with van der Waals surface area (Å²) in [4.78, 5) is 0. The molecule has 0 saturated carbocycles. The fourth-order valence-corrected chi connectivity index (χ4v) is 1.98. The third-order valence-corrected chi connectivity index (χ3v) is 3.28. The Morgan fingerprint density at radius 3 is 2.38 bits per heavy atom. The van der Waals surface area contributed by atoms with Crippen molar-refractivity contribution >= 4 is 0 Å². The number of aryl methyl sites for hydroxylation is 1. The quantitative estimate of drug-likeness (QED) is 0.815. The number of hydrogen-bond donors (Lipinski definition) is 2. The molecule has 1 aromatic rings. The highest BCUT2D eigenvalue weighted by atomic mass is 16.3. The van der Waals surface area contributed by atoms with Gasteiger partial charge in [-0.2, -0.15) is 5.10 Å². The van der Waals surface area contributed by atoms with Crippen LogP contribution in [0.1, 0.15) is 43.3 Å². The van der Waals surface area contributed by atoms with Gasteiger partial charge in [0.25, 0.3) is 0 Å². The van der Waals surface area contributed by atoms with Crippen molar-refractivity contribution in [3.05, 3.63) is 17.0 Å². The predicted octanol–water partition coefficient (Wildman–Crippen LogP) is 1.47. The van der Waals surface area contributed by atoms with Gasteiger partial charge in [0, 0.05) is 12.2 Å². The van der Waals surface area contributed by atoms with E-state index in [1.165, 1.54) is 5.56 Å². The number of nitrogens with zero attached hydrogens (tertiary/aromatic N) is 2. The Morgan fingerprint density at radius 2 is 2.00 bits per heavy atom. The fraction of sp³-hybridized carbons (Fsp3) is 0.750. The van der Waals surface area contributed by atoms with Gasteiger partial charge in [-0.25, -0.2) is 0 Å². The summed E-state index contributed by atoms with van der Waals surface area (Å²) in [5, 5.41) is 14.4. The SMILES string of the molecule is Cc1nn(C(C)CC(C)(O)CN)c(C)c1C. The summed E-state index contributed by atoms with van der Waals surface area (Å²) in [6, 6.07) is 0.158. The lowest BCUT2D eigenvalue weighted by atomic mass is 9.98. The van der Waals surface area contributed by atoms with Gasteiger partial charge in [0.2, 0.25) is 0 Å². The minimum atomic E-state index is -0.820. The first-order chi connectivity index (χ1) is 7.28. The van der Waals surface area contributed by atoms with E-state index in [0.29, 0.717) is 6.42 Å². The van der Waals surface area contributed by atoms with Gasteiger partial charge in [0.1, 0.15) is 0 Å². The van der Waals surface area contributed by atoms with E-state index < -0.39 is 5.60 Å². The van der Waals surface area contributed by atoms with Gasteiger partial charge >= 0.3 is 0 Å². The zero-order chi connectivity index (χ0) is 12.5. The molecule has 1 rings (SSSR count). The first kappa shape index (κ1) is 13.2. The maximum atomic E-state index is 9.96. The Bertz CT molecular complexity index is 369. The zero-order valence-corrected chi connectivity index (χ0v) is 10.9. The summed E-state index contributed by atoms with van der Waals surface area (Å²) < 4.78 is 1.98. The molecule has 3 N–H and O–H groups in total. The molecule has 1 heterocycles. The van der Waals surface area contributed by atoms with Crippen molar-refractivity contribution in [1.29, 1.82) is 0 Å². The maximum absolute atomic E-state index is 9.96. The second-order valence-electron chi connectivity index (χ2n) is 4.99. The third-order valence-electron chi connectivity index (χ3n) is 3.28. The molecule has 0 aromatic carbocycles. The van der Waals surface area contributed by atoms with Crippen LogP contribution in [0.4, 0.5) is 0 Å². The highest BCUT2D eigenvalue weighted by Crippen LogP contribution is 2.23.